The first-order chi connectivity index (χ1) is 9.65. The van der Waals surface area contributed by atoms with Gasteiger partial charge in [0.2, 0.25) is 0 Å². The van der Waals surface area contributed by atoms with Crippen LogP contribution in [0.15, 0.2) is 42.7 Å². The van der Waals surface area contributed by atoms with Crippen molar-refractivity contribution in [2.75, 3.05) is 12.8 Å². The second kappa shape index (κ2) is 4.89. The largest absolute Gasteiger partial charge is 0.497 e. The Bertz CT molecular complexity index is 744. The molecular formula is C16H17N3O. The number of benzene rings is 1. The highest BCUT2D eigenvalue weighted by Crippen LogP contribution is 2.18. The van der Waals surface area contributed by atoms with Crippen molar-refractivity contribution in [3.8, 4) is 5.75 Å². The number of hydrogen-bond acceptors (Lipinski definition) is 3. The number of ether oxygens (including phenoxy) is 1. The van der Waals surface area contributed by atoms with E-state index in [1.165, 1.54) is 5.56 Å². The number of rotatable bonds is 3. The minimum absolute atomic E-state index is 0.714. The zero-order valence-electron chi connectivity index (χ0n) is 11.6. The van der Waals surface area contributed by atoms with E-state index in [1.54, 1.807) is 7.11 Å². The fourth-order valence-corrected chi connectivity index (χ4v) is 2.36. The summed E-state index contributed by atoms with van der Waals surface area (Å²) in [6.45, 7) is 2.03. The van der Waals surface area contributed by atoms with E-state index in [0.29, 0.717) is 5.69 Å². The predicted molar refractivity (Wildman–Crippen MR) is 80.1 cm³/mol. The lowest BCUT2D eigenvalue weighted by Crippen LogP contribution is -1.93. The number of anilines is 1. The normalized spacial score (nSPS) is 10.9. The molecule has 2 aromatic heterocycles. The summed E-state index contributed by atoms with van der Waals surface area (Å²) in [7, 11) is 1.67. The number of imidazole rings is 1. The van der Waals surface area contributed by atoms with E-state index >= 15 is 0 Å². The minimum Gasteiger partial charge on any atom is -0.497 e. The van der Waals surface area contributed by atoms with Gasteiger partial charge in [-0.3, -0.25) is 0 Å². The highest BCUT2D eigenvalue weighted by molar-refractivity contribution is 5.65. The average molecular weight is 267 g/mol. The van der Waals surface area contributed by atoms with Gasteiger partial charge in [0.1, 0.15) is 5.75 Å². The van der Waals surface area contributed by atoms with Gasteiger partial charge in [-0.05, 0) is 36.2 Å². The third-order valence-electron chi connectivity index (χ3n) is 3.31. The van der Waals surface area contributed by atoms with E-state index in [0.717, 1.165) is 29.1 Å². The van der Waals surface area contributed by atoms with Crippen LogP contribution in [0.4, 0.5) is 5.69 Å². The molecule has 0 bridgehead atoms. The van der Waals surface area contributed by atoms with E-state index in [2.05, 4.69) is 17.1 Å². The molecule has 1 aromatic carbocycles. The molecule has 0 aliphatic heterocycles. The van der Waals surface area contributed by atoms with Crippen LogP contribution in [0.2, 0.25) is 0 Å². The van der Waals surface area contributed by atoms with Gasteiger partial charge in [-0.15, -0.1) is 0 Å². The van der Waals surface area contributed by atoms with Gasteiger partial charge < -0.3 is 14.9 Å². The maximum atomic E-state index is 6.00. The van der Waals surface area contributed by atoms with Gasteiger partial charge in [-0.25, -0.2) is 4.98 Å². The van der Waals surface area contributed by atoms with Crippen molar-refractivity contribution in [2.24, 2.45) is 0 Å². The summed E-state index contributed by atoms with van der Waals surface area (Å²) in [5.41, 5.74) is 10.9. The summed E-state index contributed by atoms with van der Waals surface area (Å²) in [5.74, 6) is 0.864. The number of fused-ring (bicyclic) bond motifs is 1. The fourth-order valence-electron chi connectivity index (χ4n) is 2.36. The number of hydrogen-bond donors (Lipinski definition) is 1. The van der Waals surface area contributed by atoms with Crippen molar-refractivity contribution in [1.82, 2.24) is 9.38 Å². The molecule has 0 atom stereocenters. The summed E-state index contributed by atoms with van der Waals surface area (Å²) in [4.78, 5) is 4.60. The van der Waals surface area contributed by atoms with E-state index in [4.69, 9.17) is 10.5 Å². The Labute approximate surface area is 117 Å². The van der Waals surface area contributed by atoms with Crippen molar-refractivity contribution < 1.29 is 4.74 Å². The van der Waals surface area contributed by atoms with E-state index in [1.807, 2.05) is 41.9 Å². The third-order valence-corrected chi connectivity index (χ3v) is 3.31. The Hall–Kier alpha value is -2.49. The van der Waals surface area contributed by atoms with Gasteiger partial charge >= 0.3 is 0 Å². The number of nitrogens with zero attached hydrogens (tertiary/aromatic N) is 2. The monoisotopic (exact) mass is 267 g/mol. The smallest absolute Gasteiger partial charge is 0.160 e. The summed E-state index contributed by atoms with van der Waals surface area (Å²) in [6.07, 6.45) is 4.85. The van der Waals surface area contributed by atoms with Crippen LogP contribution < -0.4 is 10.5 Å². The van der Waals surface area contributed by atoms with Gasteiger partial charge in [0.25, 0.3) is 0 Å². The number of aryl methyl sites for hydroxylation is 1. The molecule has 0 amide bonds. The maximum absolute atomic E-state index is 6.00. The van der Waals surface area contributed by atoms with Crippen molar-refractivity contribution >= 4 is 11.3 Å². The molecule has 3 aromatic rings. The van der Waals surface area contributed by atoms with Gasteiger partial charge in [0.15, 0.2) is 5.65 Å². The van der Waals surface area contributed by atoms with Gasteiger partial charge in [0, 0.05) is 18.8 Å². The molecule has 0 saturated heterocycles. The van der Waals surface area contributed by atoms with Gasteiger partial charge in [-0.2, -0.15) is 0 Å². The quantitative estimate of drug-likeness (QED) is 0.794. The van der Waals surface area contributed by atoms with Crippen LogP contribution in [-0.2, 0) is 6.42 Å². The maximum Gasteiger partial charge on any atom is 0.160 e. The molecule has 0 unspecified atom stereocenters. The van der Waals surface area contributed by atoms with Crippen LogP contribution in [0.25, 0.3) is 5.65 Å². The zero-order chi connectivity index (χ0) is 14.1. The van der Waals surface area contributed by atoms with Crippen LogP contribution in [0.5, 0.6) is 5.75 Å². The van der Waals surface area contributed by atoms with Crippen LogP contribution in [-0.4, -0.2) is 16.5 Å². The first-order valence-corrected chi connectivity index (χ1v) is 6.52. The molecule has 0 aliphatic carbocycles. The van der Waals surface area contributed by atoms with Crippen LogP contribution >= 0.6 is 0 Å². The Morgan fingerprint density at radius 3 is 2.65 bits per heavy atom. The van der Waals surface area contributed by atoms with Crippen molar-refractivity contribution in [2.45, 2.75) is 13.3 Å². The summed E-state index contributed by atoms with van der Waals surface area (Å²) in [5, 5.41) is 0. The van der Waals surface area contributed by atoms with E-state index in [-0.39, 0.29) is 0 Å². The predicted octanol–water partition coefficient (Wildman–Crippen LogP) is 2.82. The van der Waals surface area contributed by atoms with Crippen LogP contribution in [0.1, 0.15) is 16.8 Å². The Balaban J connectivity index is 1.92. The molecule has 0 fully saturated rings. The zero-order valence-corrected chi connectivity index (χ0v) is 11.6. The lowest BCUT2D eigenvalue weighted by atomic mass is 10.1. The van der Waals surface area contributed by atoms with Crippen molar-refractivity contribution in [3.63, 3.8) is 0 Å². The molecule has 0 radical (unpaired) electrons. The van der Waals surface area contributed by atoms with Crippen LogP contribution in [0, 0.1) is 6.92 Å². The number of aromatic nitrogens is 2. The second-order valence-electron chi connectivity index (χ2n) is 4.96. The minimum atomic E-state index is 0.714. The molecule has 0 aliphatic rings. The average Bonchev–Trinajstić information content (AvgIpc) is 2.82. The van der Waals surface area contributed by atoms with E-state index in [9.17, 15) is 0 Å². The molecule has 3 rings (SSSR count). The van der Waals surface area contributed by atoms with Gasteiger partial charge in [0.05, 0.1) is 18.5 Å². The summed E-state index contributed by atoms with van der Waals surface area (Å²) in [6, 6.07) is 9.97. The third kappa shape index (κ3) is 2.32. The topological polar surface area (TPSA) is 52.5 Å². The Morgan fingerprint density at radius 2 is 1.95 bits per heavy atom. The number of pyridine rings is 1. The Kier molecular flexibility index (Phi) is 3.06. The first-order valence-electron chi connectivity index (χ1n) is 6.52. The molecular weight excluding hydrogens is 250 g/mol. The second-order valence-corrected chi connectivity index (χ2v) is 4.96. The summed E-state index contributed by atoms with van der Waals surface area (Å²) < 4.78 is 7.15. The molecule has 20 heavy (non-hydrogen) atoms. The lowest BCUT2D eigenvalue weighted by Gasteiger charge is -2.01. The molecule has 2 N–H and O–H groups in total. The van der Waals surface area contributed by atoms with Crippen molar-refractivity contribution in [1.29, 1.82) is 0 Å². The highest BCUT2D eigenvalue weighted by atomic mass is 16.5. The fraction of sp³-hybridized carbons (Fsp3) is 0.188. The molecule has 102 valence electrons. The molecule has 4 heteroatoms. The first kappa shape index (κ1) is 12.5. The van der Waals surface area contributed by atoms with Crippen LogP contribution in [0.3, 0.4) is 0 Å². The number of nitrogen functional groups attached to an aromatic ring is 1. The van der Waals surface area contributed by atoms with Crippen molar-refractivity contribution in [3.05, 3.63) is 59.5 Å². The van der Waals surface area contributed by atoms with Gasteiger partial charge in [-0.1, -0.05) is 12.1 Å². The number of nitrogens with two attached hydrogens (primary N) is 1. The van der Waals surface area contributed by atoms with E-state index < -0.39 is 0 Å². The SMILES string of the molecule is COc1ccc(Cc2cn3cc(C)cc(N)c3n2)cc1. The highest BCUT2D eigenvalue weighted by Gasteiger charge is 2.06. The molecule has 0 spiro atoms. The molecule has 2 heterocycles. The standard InChI is InChI=1S/C16H17N3O/c1-11-7-15(17)16-18-13(10-19(16)9-11)8-12-3-5-14(20-2)6-4-12/h3-7,9-10H,8,17H2,1-2H3. The lowest BCUT2D eigenvalue weighted by molar-refractivity contribution is 0.414. The summed E-state index contributed by atoms with van der Waals surface area (Å²) >= 11 is 0. The Morgan fingerprint density at radius 1 is 1.20 bits per heavy atom. The number of methoxy groups -OCH3 is 1. The molecule has 4 nitrogen and oxygen atoms in total. The molecule has 0 saturated carbocycles.